The molecule has 6 nitrogen and oxygen atoms in total. The normalized spacial score (nSPS) is 23.9. The first-order valence-electron chi connectivity index (χ1n) is 8.95. The molecule has 138 valence electrons. The van der Waals surface area contributed by atoms with E-state index in [4.69, 9.17) is 14.2 Å². The summed E-state index contributed by atoms with van der Waals surface area (Å²) in [5.74, 6) is 1.06. The van der Waals surface area contributed by atoms with Gasteiger partial charge in [0.1, 0.15) is 0 Å². The van der Waals surface area contributed by atoms with E-state index in [1.165, 1.54) is 12.8 Å². The molecule has 0 spiro atoms. The molecule has 0 saturated carbocycles. The SMILES string of the molecule is COc1cccc(C(=O)N2C[C@@H](OC)C[C@H]2CN2CCCC2)c1OC. The van der Waals surface area contributed by atoms with Crippen LogP contribution in [0, 0.1) is 0 Å². The zero-order chi connectivity index (χ0) is 17.8. The van der Waals surface area contributed by atoms with Crippen molar-refractivity contribution in [3.63, 3.8) is 0 Å². The first-order valence-corrected chi connectivity index (χ1v) is 8.95. The minimum atomic E-state index is -0.0144. The molecule has 0 bridgehead atoms. The highest BCUT2D eigenvalue weighted by Gasteiger charge is 2.38. The van der Waals surface area contributed by atoms with Crippen molar-refractivity contribution < 1.29 is 19.0 Å². The molecule has 1 amide bonds. The van der Waals surface area contributed by atoms with E-state index in [2.05, 4.69) is 4.90 Å². The molecule has 0 unspecified atom stereocenters. The lowest BCUT2D eigenvalue weighted by molar-refractivity contribution is 0.0666. The van der Waals surface area contributed by atoms with Gasteiger partial charge in [-0.15, -0.1) is 0 Å². The van der Waals surface area contributed by atoms with Gasteiger partial charge in [0.05, 0.1) is 25.9 Å². The topological polar surface area (TPSA) is 51.2 Å². The number of amides is 1. The molecule has 0 N–H and O–H groups in total. The number of rotatable bonds is 6. The number of carbonyl (C=O) groups excluding carboxylic acids is 1. The van der Waals surface area contributed by atoms with E-state index < -0.39 is 0 Å². The summed E-state index contributed by atoms with van der Waals surface area (Å²) in [6.07, 6.45) is 3.47. The van der Waals surface area contributed by atoms with Gasteiger partial charge in [-0.2, -0.15) is 0 Å². The van der Waals surface area contributed by atoms with Crippen LogP contribution in [-0.4, -0.2) is 75.4 Å². The molecule has 0 aromatic heterocycles. The van der Waals surface area contributed by atoms with Gasteiger partial charge in [-0.3, -0.25) is 4.79 Å². The highest BCUT2D eigenvalue weighted by molar-refractivity contribution is 5.98. The van der Waals surface area contributed by atoms with E-state index in [-0.39, 0.29) is 18.1 Å². The zero-order valence-electron chi connectivity index (χ0n) is 15.4. The van der Waals surface area contributed by atoms with Gasteiger partial charge in [0.2, 0.25) is 0 Å². The van der Waals surface area contributed by atoms with Gasteiger partial charge in [-0.05, 0) is 44.5 Å². The molecular formula is C19H28N2O4. The summed E-state index contributed by atoms with van der Waals surface area (Å²) in [7, 11) is 4.87. The first kappa shape index (κ1) is 18.0. The molecule has 25 heavy (non-hydrogen) atoms. The second kappa shape index (κ2) is 8.06. The maximum absolute atomic E-state index is 13.3. The molecule has 2 aliphatic rings. The quantitative estimate of drug-likeness (QED) is 0.787. The zero-order valence-corrected chi connectivity index (χ0v) is 15.4. The number of likely N-dealkylation sites (tertiary alicyclic amines) is 2. The van der Waals surface area contributed by atoms with Crippen LogP contribution in [-0.2, 0) is 4.74 Å². The highest BCUT2D eigenvalue weighted by Crippen LogP contribution is 2.33. The fraction of sp³-hybridized carbons (Fsp3) is 0.632. The van der Waals surface area contributed by atoms with Crippen molar-refractivity contribution in [3.05, 3.63) is 23.8 Å². The maximum Gasteiger partial charge on any atom is 0.258 e. The third-order valence-corrected chi connectivity index (χ3v) is 5.27. The number of carbonyl (C=O) groups is 1. The minimum absolute atomic E-state index is 0.0144. The molecule has 2 heterocycles. The fourth-order valence-electron chi connectivity index (χ4n) is 3.94. The van der Waals surface area contributed by atoms with Crippen molar-refractivity contribution in [2.45, 2.75) is 31.4 Å². The Labute approximate surface area is 149 Å². The van der Waals surface area contributed by atoms with Crippen LogP contribution in [0.5, 0.6) is 11.5 Å². The smallest absolute Gasteiger partial charge is 0.258 e. The van der Waals surface area contributed by atoms with Crippen molar-refractivity contribution in [1.29, 1.82) is 0 Å². The average Bonchev–Trinajstić information content (AvgIpc) is 3.30. The summed E-state index contributed by atoms with van der Waals surface area (Å²) in [6.45, 7) is 3.78. The molecule has 0 aliphatic carbocycles. The van der Waals surface area contributed by atoms with E-state index in [1.54, 1.807) is 33.5 Å². The van der Waals surface area contributed by atoms with E-state index in [0.29, 0.717) is 23.6 Å². The largest absolute Gasteiger partial charge is 0.493 e. The Hall–Kier alpha value is -1.79. The standard InChI is InChI=1S/C19H28N2O4/c1-23-15-11-14(12-20-9-4-5-10-20)21(13-15)19(22)16-7-6-8-17(24-2)18(16)25-3/h6-8,14-15H,4-5,9-13H2,1-3H3/t14-,15-/m0/s1. The monoisotopic (exact) mass is 348 g/mol. The fourth-order valence-corrected chi connectivity index (χ4v) is 3.94. The van der Waals surface area contributed by atoms with Crippen molar-refractivity contribution in [1.82, 2.24) is 9.80 Å². The molecule has 1 aromatic carbocycles. The van der Waals surface area contributed by atoms with Gasteiger partial charge in [-0.1, -0.05) is 6.07 Å². The van der Waals surface area contributed by atoms with Crippen molar-refractivity contribution in [2.24, 2.45) is 0 Å². The molecular weight excluding hydrogens is 320 g/mol. The number of para-hydroxylation sites is 1. The third-order valence-electron chi connectivity index (χ3n) is 5.27. The van der Waals surface area contributed by atoms with Crippen LogP contribution in [0.4, 0.5) is 0 Å². The average molecular weight is 348 g/mol. The van der Waals surface area contributed by atoms with E-state index in [0.717, 1.165) is 26.1 Å². The Morgan fingerprint density at radius 2 is 1.92 bits per heavy atom. The van der Waals surface area contributed by atoms with Gasteiger partial charge < -0.3 is 24.0 Å². The Morgan fingerprint density at radius 3 is 2.56 bits per heavy atom. The number of ether oxygens (including phenoxy) is 3. The van der Waals surface area contributed by atoms with Gasteiger partial charge in [-0.25, -0.2) is 0 Å². The lowest BCUT2D eigenvalue weighted by Crippen LogP contribution is -2.42. The van der Waals surface area contributed by atoms with Gasteiger partial charge in [0.25, 0.3) is 5.91 Å². The summed E-state index contributed by atoms with van der Waals surface area (Å²) in [4.78, 5) is 17.7. The van der Waals surface area contributed by atoms with Crippen LogP contribution in [0.15, 0.2) is 18.2 Å². The number of hydrogen-bond donors (Lipinski definition) is 0. The first-order chi connectivity index (χ1) is 12.2. The lowest BCUT2D eigenvalue weighted by Gasteiger charge is -2.28. The summed E-state index contributed by atoms with van der Waals surface area (Å²) in [6, 6.07) is 5.61. The predicted molar refractivity (Wildman–Crippen MR) is 95.5 cm³/mol. The van der Waals surface area contributed by atoms with E-state index in [9.17, 15) is 4.79 Å². The Bertz CT molecular complexity index is 601. The lowest BCUT2D eigenvalue weighted by atomic mass is 10.1. The molecule has 3 rings (SSSR count). The summed E-state index contributed by atoms with van der Waals surface area (Å²) >= 11 is 0. The molecule has 6 heteroatoms. The summed E-state index contributed by atoms with van der Waals surface area (Å²) in [5.41, 5.74) is 0.546. The van der Waals surface area contributed by atoms with Gasteiger partial charge >= 0.3 is 0 Å². The molecule has 0 radical (unpaired) electrons. The van der Waals surface area contributed by atoms with Crippen LogP contribution in [0.1, 0.15) is 29.6 Å². The summed E-state index contributed by atoms with van der Waals surface area (Å²) in [5, 5.41) is 0. The molecule has 2 aliphatic heterocycles. The van der Waals surface area contributed by atoms with Crippen molar-refractivity contribution >= 4 is 5.91 Å². The number of hydrogen-bond acceptors (Lipinski definition) is 5. The minimum Gasteiger partial charge on any atom is -0.493 e. The van der Waals surface area contributed by atoms with Crippen LogP contribution in [0.3, 0.4) is 0 Å². The maximum atomic E-state index is 13.3. The Balaban J connectivity index is 1.83. The van der Waals surface area contributed by atoms with Crippen molar-refractivity contribution in [3.8, 4) is 11.5 Å². The van der Waals surface area contributed by atoms with Crippen LogP contribution < -0.4 is 9.47 Å². The van der Waals surface area contributed by atoms with E-state index >= 15 is 0 Å². The van der Waals surface area contributed by atoms with Crippen LogP contribution in [0.2, 0.25) is 0 Å². The van der Waals surface area contributed by atoms with Crippen LogP contribution in [0.25, 0.3) is 0 Å². The molecule has 1 aromatic rings. The third kappa shape index (κ3) is 3.75. The number of nitrogens with zero attached hydrogens (tertiary/aromatic N) is 2. The highest BCUT2D eigenvalue weighted by atomic mass is 16.5. The molecule has 2 fully saturated rings. The Morgan fingerprint density at radius 1 is 1.16 bits per heavy atom. The van der Waals surface area contributed by atoms with E-state index in [1.807, 2.05) is 11.0 Å². The van der Waals surface area contributed by atoms with Crippen molar-refractivity contribution in [2.75, 3.05) is 47.5 Å². The van der Waals surface area contributed by atoms with Crippen LogP contribution >= 0.6 is 0 Å². The predicted octanol–water partition coefficient (Wildman–Crippen LogP) is 2.03. The van der Waals surface area contributed by atoms with Gasteiger partial charge in [0.15, 0.2) is 11.5 Å². The van der Waals surface area contributed by atoms with Gasteiger partial charge in [0, 0.05) is 26.2 Å². The molecule has 2 saturated heterocycles. The second-order valence-electron chi connectivity index (χ2n) is 6.75. The number of benzene rings is 1. The summed E-state index contributed by atoms with van der Waals surface area (Å²) < 4.78 is 16.3. The number of methoxy groups -OCH3 is 3. The Kier molecular flexibility index (Phi) is 5.81. The molecule has 2 atom stereocenters. The second-order valence-corrected chi connectivity index (χ2v) is 6.75.